The monoisotopic (exact) mass is 399 g/mol. The molecule has 0 aliphatic carbocycles. The fourth-order valence-electron chi connectivity index (χ4n) is 3.49. The Morgan fingerprint density at radius 3 is 2.79 bits per heavy atom. The number of primary amides is 1. The third-order valence-corrected chi connectivity index (χ3v) is 5.04. The van der Waals surface area contributed by atoms with Gasteiger partial charge in [0.1, 0.15) is 17.6 Å². The zero-order valence-electron chi connectivity index (χ0n) is 15.7. The number of benzene rings is 1. The van der Waals surface area contributed by atoms with Crippen molar-refractivity contribution in [2.24, 2.45) is 11.5 Å². The zero-order chi connectivity index (χ0) is 20.4. The number of carbonyl (C=O) groups is 1. The molecule has 29 heavy (non-hydrogen) atoms. The summed E-state index contributed by atoms with van der Waals surface area (Å²) in [4.78, 5) is 14.1. The Morgan fingerprint density at radius 2 is 2.10 bits per heavy atom. The van der Waals surface area contributed by atoms with Crippen molar-refractivity contribution in [3.63, 3.8) is 0 Å². The summed E-state index contributed by atoms with van der Waals surface area (Å²) in [5.41, 5.74) is 13.6. The first-order valence-corrected chi connectivity index (χ1v) is 9.28. The van der Waals surface area contributed by atoms with Crippen LogP contribution in [0.5, 0.6) is 0 Å². The molecule has 1 amide bonds. The average molecular weight is 399 g/mol. The molecule has 1 aliphatic heterocycles. The molecule has 1 aromatic carbocycles. The lowest BCUT2D eigenvalue weighted by Gasteiger charge is -2.36. The molecular formula is C19H22FN7O2. The minimum Gasteiger partial charge on any atom is -0.365 e. The van der Waals surface area contributed by atoms with Gasteiger partial charge in [0.2, 0.25) is 0 Å². The van der Waals surface area contributed by atoms with Gasteiger partial charge in [-0.1, -0.05) is 5.16 Å². The summed E-state index contributed by atoms with van der Waals surface area (Å²) in [7, 11) is 0. The standard InChI is InChI=1S/C19H22FN7O2/c20-12-1-3-13(4-2-12)23-19-15(18(22)28)10-27(24-19)17-11-26(7-5-16(17)21)9-14-6-8-29-25-14/h1-4,6,8,10,16-17H,5,7,9,11,21H2,(H2,22,28)(H,23,24)/t16-,17?/m1/s1. The minimum atomic E-state index is -0.607. The fourth-order valence-corrected chi connectivity index (χ4v) is 3.49. The molecule has 2 atom stereocenters. The molecule has 9 nitrogen and oxygen atoms in total. The van der Waals surface area contributed by atoms with Crippen molar-refractivity contribution < 1.29 is 13.7 Å². The summed E-state index contributed by atoms with van der Waals surface area (Å²) < 4.78 is 19.7. The van der Waals surface area contributed by atoms with Crippen molar-refractivity contribution in [1.29, 1.82) is 0 Å². The van der Waals surface area contributed by atoms with Crippen LogP contribution in [0.4, 0.5) is 15.9 Å². The second kappa shape index (κ2) is 8.02. The van der Waals surface area contributed by atoms with E-state index in [1.54, 1.807) is 29.3 Å². The minimum absolute atomic E-state index is 0.122. The highest BCUT2D eigenvalue weighted by atomic mass is 19.1. The van der Waals surface area contributed by atoms with Crippen LogP contribution in [0.3, 0.4) is 0 Å². The molecule has 1 aliphatic rings. The van der Waals surface area contributed by atoms with Crippen molar-refractivity contribution in [1.82, 2.24) is 19.8 Å². The van der Waals surface area contributed by atoms with E-state index in [2.05, 4.69) is 20.5 Å². The summed E-state index contributed by atoms with van der Waals surface area (Å²) in [5.74, 6) is -0.647. The van der Waals surface area contributed by atoms with Gasteiger partial charge in [0.25, 0.3) is 5.91 Å². The number of nitrogens with one attached hydrogen (secondary N) is 1. The van der Waals surface area contributed by atoms with Crippen LogP contribution in [-0.4, -0.2) is 44.9 Å². The maximum Gasteiger partial charge on any atom is 0.254 e. The van der Waals surface area contributed by atoms with E-state index in [9.17, 15) is 9.18 Å². The predicted molar refractivity (Wildman–Crippen MR) is 104 cm³/mol. The topological polar surface area (TPSA) is 128 Å². The molecule has 3 aromatic rings. The van der Waals surface area contributed by atoms with Crippen LogP contribution in [0.25, 0.3) is 0 Å². The number of hydrogen-bond acceptors (Lipinski definition) is 7. The van der Waals surface area contributed by atoms with Gasteiger partial charge in [0.15, 0.2) is 5.82 Å². The van der Waals surface area contributed by atoms with Crippen LogP contribution >= 0.6 is 0 Å². The number of nitrogens with zero attached hydrogens (tertiary/aromatic N) is 4. The first-order valence-electron chi connectivity index (χ1n) is 9.28. The third kappa shape index (κ3) is 4.28. The van der Waals surface area contributed by atoms with E-state index in [0.717, 1.165) is 18.7 Å². The Hall–Kier alpha value is -3.24. The summed E-state index contributed by atoms with van der Waals surface area (Å²) >= 11 is 0. The van der Waals surface area contributed by atoms with Crippen molar-refractivity contribution in [2.75, 3.05) is 18.4 Å². The second-order valence-corrected chi connectivity index (χ2v) is 7.11. The molecule has 0 bridgehead atoms. The molecule has 0 saturated carbocycles. The number of rotatable bonds is 6. The summed E-state index contributed by atoms with van der Waals surface area (Å²) in [6.07, 6.45) is 3.93. The second-order valence-electron chi connectivity index (χ2n) is 7.11. The lowest BCUT2D eigenvalue weighted by Crippen LogP contribution is -2.47. The quantitative estimate of drug-likeness (QED) is 0.575. The number of likely N-dealkylation sites (tertiary alicyclic amines) is 1. The molecule has 4 rings (SSSR count). The Labute approximate surface area is 166 Å². The number of halogens is 1. The highest BCUT2D eigenvalue weighted by molar-refractivity contribution is 5.98. The van der Waals surface area contributed by atoms with Crippen LogP contribution in [0.15, 0.2) is 47.3 Å². The van der Waals surface area contributed by atoms with Crippen molar-refractivity contribution in [2.45, 2.75) is 25.0 Å². The van der Waals surface area contributed by atoms with Crippen molar-refractivity contribution in [3.8, 4) is 0 Å². The summed E-state index contributed by atoms with van der Waals surface area (Å²) in [6, 6.07) is 7.33. The lowest BCUT2D eigenvalue weighted by atomic mass is 10.00. The smallest absolute Gasteiger partial charge is 0.254 e. The Kier molecular flexibility index (Phi) is 5.28. The molecule has 10 heteroatoms. The molecule has 5 N–H and O–H groups in total. The summed E-state index contributed by atoms with van der Waals surface area (Å²) in [6.45, 7) is 2.11. The van der Waals surface area contributed by atoms with Crippen LogP contribution in [0.2, 0.25) is 0 Å². The van der Waals surface area contributed by atoms with Crippen molar-refractivity contribution >= 4 is 17.4 Å². The van der Waals surface area contributed by atoms with Crippen LogP contribution in [0, 0.1) is 5.82 Å². The first kappa shape index (κ1) is 19.1. The maximum absolute atomic E-state index is 13.1. The normalized spacial score (nSPS) is 19.9. The molecule has 1 unspecified atom stereocenters. The average Bonchev–Trinajstić information content (AvgIpc) is 3.35. The van der Waals surface area contributed by atoms with Gasteiger partial charge in [-0.3, -0.25) is 14.4 Å². The van der Waals surface area contributed by atoms with E-state index >= 15 is 0 Å². The highest BCUT2D eigenvalue weighted by Crippen LogP contribution is 2.26. The highest BCUT2D eigenvalue weighted by Gasteiger charge is 2.30. The molecule has 1 saturated heterocycles. The lowest BCUT2D eigenvalue weighted by molar-refractivity contribution is 0.100. The number of nitrogens with two attached hydrogens (primary N) is 2. The maximum atomic E-state index is 13.1. The SMILES string of the molecule is NC(=O)c1cn(C2CN(Cc3ccon3)CC[C@H]2N)nc1Nc1ccc(F)cc1. The van der Waals surface area contributed by atoms with E-state index < -0.39 is 5.91 Å². The molecule has 1 fully saturated rings. The van der Waals surface area contributed by atoms with Gasteiger partial charge in [-0.15, -0.1) is 0 Å². The van der Waals surface area contributed by atoms with E-state index in [-0.39, 0.29) is 23.5 Å². The van der Waals surface area contributed by atoms with Crippen molar-refractivity contribution in [3.05, 3.63) is 59.9 Å². The van der Waals surface area contributed by atoms with Crippen LogP contribution in [0.1, 0.15) is 28.5 Å². The Bertz CT molecular complexity index is 971. The van der Waals surface area contributed by atoms with Gasteiger partial charge in [0, 0.05) is 43.6 Å². The Balaban J connectivity index is 1.56. The van der Waals surface area contributed by atoms with Gasteiger partial charge in [-0.25, -0.2) is 4.39 Å². The van der Waals surface area contributed by atoms with Gasteiger partial charge in [-0.05, 0) is 30.7 Å². The predicted octanol–water partition coefficient (Wildman–Crippen LogP) is 1.63. The molecule has 3 heterocycles. The van der Waals surface area contributed by atoms with E-state index in [1.807, 2.05) is 6.07 Å². The largest absolute Gasteiger partial charge is 0.365 e. The fraction of sp³-hybridized carbons (Fsp3) is 0.316. The first-order chi connectivity index (χ1) is 14.0. The number of amides is 1. The van der Waals surface area contributed by atoms with Gasteiger partial charge in [-0.2, -0.15) is 5.10 Å². The van der Waals surface area contributed by atoms with E-state index in [1.165, 1.54) is 12.1 Å². The number of aromatic nitrogens is 3. The van der Waals surface area contributed by atoms with E-state index in [4.69, 9.17) is 16.0 Å². The van der Waals surface area contributed by atoms with Gasteiger partial charge < -0.3 is 21.3 Å². The molecule has 0 radical (unpaired) electrons. The zero-order valence-corrected chi connectivity index (χ0v) is 15.7. The molecule has 0 spiro atoms. The number of piperidine rings is 1. The molecule has 2 aromatic heterocycles. The Morgan fingerprint density at radius 1 is 1.31 bits per heavy atom. The third-order valence-electron chi connectivity index (χ3n) is 5.04. The van der Waals surface area contributed by atoms with E-state index in [0.29, 0.717) is 24.6 Å². The van der Waals surface area contributed by atoms with Crippen LogP contribution in [-0.2, 0) is 6.54 Å². The molecule has 152 valence electrons. The summed E-state index contributed by atoms with van der Waals surface area (Å²) in [5, 5.41) is 11.5. The number of carbonyl (C=O) groups excluding carboxylic acids is 1. The number of hydrogen-bond donors (Lipinski definition) is 3. The van der Waals surface area contributed by atoms with Gasteiger partial charge >= 0.3 is 0 Å². The number of anilines is 2. The van der Waals surface area contributed by atoms with Crippen LogP contribution < -0.4 is 16.8 Å². The van der Waals surface area contributed by atoms with Gasteiger partial charge in [0.05, 0.1) is 11.7 Å². The molecular weight excluding hydrogens is 377 g/mol.